The molecule has 0 saturated carbocycles. The van der Waals surface area contributed by atoms with Crippen molar-refractivity contribution in [3.8, 4) is 0 Å². The van der Waals surface area contributed by atoms with Gasteiger partial charge in [-0.05, 0) is 64.2 Å². The van der Waals surface area contributed by atoms with Gasteiger partial charge in [0.2, 0.25) is 5.91 Å². The highest BCUT2D eigenvalue weighted by Crippen LogP contribution is 2.14. The zero-order valence-corrected chi connectivity index (χ0v) is 34.0. The summed E-state index contributed by atoms with van der Waals surface area (Å²) in [5.74, 6) is -1.01. The number of rotatable bonds is 38. The maximum atomic E-state index is 12.5. The third-order valence-electron chi connectivity index (χ3n) is 9.48. The van der Waals surface area contributed by atoms with E-state index in [-0.39, 0.29) is 12.3 Å². The Hall–Kier alpha value is -1.70. The number of carbonyl (C=O) groups excluding carboxylic acids is 1. The number of amides is 1. The first-order valence-electron chi connectivity index (χ1n) is 21.3. The van der Waals surface area contributed by atoms with Gasteiger partial charge in [-0.1, -0.05) is 184 Å². The predicted octanol–water partition coefficient (Wildman–Crippen LogP) is 12.7. The summed E-state index contributed by atoms with van der Waals surface area (Å²) in [5.41, 5.74) is 0. The van der Waals surface area contributed by atoms with Crippen LogP contribution >= 0.6 is 0 Å². The van der Waals surface area contributed by atoms with Gasteiger partial charge in [-0.2, -0.15) is 8.42 Å². The Bertz CT molecular complexity index is 987. The first-order valence-corrected chi connectivity index (χ1v) is 22.9. The van der Waals surface area contributed by atoms with Crippen LogP contribution in [0.5, 0.6) is 0 Å². The highest BCUT2D eigenvalue weighted by atomic mass is 32.2. The van der Waals surface area contributed by atoms with Crippen molar-refractivity contribution in [1.82, 2.24) is 5.32 Å². The second-order valence-electron chi connectivity index (χ2n) is 14.6. The largest absolute Gasteiger partial charge is 0.387 e. The van der Waals surface area contributed by atoms with Gasteiger partial charge in [0, 0.05) is 6.42 Å². The minimum atomic E-state index is -4.36. The molecule has 51 heavy (non-hydrogen) atoms. The summed E-state index contributed by atoms with van der Waals surface area (Å²) in [7, 11) is -4.36. The van der Waals surface area contributed by atoms with Gasteiger partial charge >= 0.3 is 0 Å². The van der Waals surface area contributed by atoms with Crippen LogP contribution in [-0.2, 0) is 14.9 Å². The molecule has 0 rings (SSSR count). The molecule has 2 unspecified atom stereocenters. The summed E-state index contributed by atoms with van der Waals surface area (Å²) in [6.45, 7) is 4.50. The highest BCUT2D eigenvalue weighted by molar-refractivity contribution is 7.85. The number of aliphatic hydroxyl groups is 1. The third kappa shape index (κ3) is 39.3. The highest BCUT2D eigenvalue weighted by Gasteiger charge is 2.24. The average Bonchev–Trinajstić information content (AvgIpc) is 3.09. The molecule has 0 radical (unpaired) electrons. The fraction of sp³-hybridized carbons (Fsp3) is 0.795. The minimum Gasteiger partial charge on any atom is -0.387 e. The summed E-state index contributed by atoms with van der Waals surface area (Å²) < 4.78 is 32.5. The molecule has 7 heteroatoms. The number of unbranched alkanes of at least 4 members (excludes halogenated alkanes) is 24. The van der Waals surface area contributed by atoms with E-state index in [9.17, 15) is 22.9 Å². The van der Waals surface area contributed by atoms with E-state index >= 15 is 0 Å². The summed E-state index contributed by atoms with van der Waals surface area (Å²) in [4.78, 5) is 12.5. The van der Waals surface area contributed by atoms with Gasteiger partial charge in [-0.3, -0.25) is 9.35 Å². The van der Waals surface area contributed by atoms with E-state index in [0.29, 0.717) is 6.42 Å². The molecule has 3 N–H and O–H groups in total. The molecule has 0 fully saturated rings. The van der Waals surface area contributed by atoms with Crippen molar-refractivity contribution in [3.63, 3.8) is 0 Å². The van der Waals surface area contributed by atoms with Gasteiger partial charge < -0.3 is 10.4 Å². The summed E-state index contributed by atoms with van der Waals surface area (Å²) >= 11 is 0. The number of hydrogen-bond donors (Lipinski definition) is 3. The van der Waals surface area contributed by atoms with Crippen LogP contribution in [0.15, 0.2) is 48.6 Å². The lowest BCUT2D eigenvalue weighted by Gasteiger charge is -2.21. The Kier molecular flexibility index (Phi) is 36.8. The smallest absolute Gasteiger partial charge is 0.267 e. The molecule has 1 amide bonds. The first-order chi connectivity index (χ1) is 24.8. The van der Waals surface area contributed by atoms with E-state index in [1.807, 2.05) is 6.08 Å². The van der Waals surface area contributed by atoms with Crippen molar-refractivity contribution in [2.45, 2.75) is 219 Å². The van der Waals surface area contributed by atoms with Crippen molar-refractivity contribution in [3.05, 3.63) is 48.6 Å². The standard InChI is InChI=1S/C44H81NO5S/c1-3-5-7-9-11-13-15-17-19-21-22-24-25-27-29-31-33-35-37-39-43(46)42(41-51(48,49)50)45-44(47)40-38-36-34-32-30-28-26-23-20-18-16-14-12-10-8-6-4-2/h12,14,18,20,29,31,37,39,42-43,46H,3-11,13,15-17,19,21-28,30,32-36,38,40-41H2,1-2H3,(H,45,47)(H,48,49,50)/b14-12-,20-18-,31-29+,39-37+. The molecule has 0 aliphatic heterocycles. The quantitative estimate of drug-likeness (QED) is 0.0333. The molecule has 0 aromatic heterocycles. The van der Waals surface area contributed by atoms with Crippen LogP contribution in [0, 0.1) is 0 Å². The molecule has 0 spiro atoms. The summed E-state index contributed by atoms with van der Waals surface area (Å²) in [5, 5.41) is 13.2. The Morgan fingerprint density at radius 1 is 0.529 bits per heavy atom. The van der Waals surface area contributed by atoms with Crippen molar-refractivity contribution in [2.75, 3.05) is 5.75 Å². The zero-order chi connectivity index (χ0) is 37.5. The molecule has 2 atom stereocenters. The maximum Gasteiger partial charge on any atom is 0.267 e. The second kappa shape index (κ2) is 38.0. The molecule has 0 bridgehead atoms. The van der Waals surface area contributed by atoms with Crippen LogP contribution in [0.1, 0.15) is 206 Å². The Morgan fingerprint density at radius 3 is 1.39 bits per heavy atom. The van der Waals surface area contributed by atoms with Crippen molar-refractivity contribution in [1.29, 1.82) is 0 Å². The minimum absolute atomic E-state index is 0.278. The molecule has 0 heterocycles. The summed E-state index contributed by atoms with van der Waals surface area (Å²) in [6, 6.07) is -1.08. The second-order valence-corrected chi connectivity index (χ2v) is 16.1. The average molecular weight is 736 g/mol. The van der Waals surface area contributed by atoms with Crippen LogP contribution in [0.25, 0.3) is 0 Å². The molecular weight excluding hydrogens is 655 g/mol. The van der Waals surface area contributed by atoms with E-state index in [2.05, 4.69) is 55.6 Å². The molecular formula is C44H81NO5S. The van der Waals surface area contributed by atoms with Crippen LogP contribution in [-0.4, -0.2) is 41.9 Å². The molecule has 0 aliphatic rings. The molecule has 0 saturated heterocycles. The lowest BCUT2D eigenvalue weighted by atomic mass is 10.0. The van der Waals surface area contributed by atoms with Gasteiger partial charge in [-0.25, -0.2) is 0 Å². The van der Waals surface area contributed by atoms with Gasteiger partial charge in [0.25, 0.3) is 10.1 Å². The Balaban J connectivity index is 3.97. The normalized spacial score (nSPS) is 13.7. The predicted molar refractivity (Wildman–Crippen MR) is 221 cm³/mol. The summed E-state index contributed by atoms with van der Waals surface area (Å²) in [6.07, 6.45) is 51.0. The van der Waals surface area contributed by atoms with Gasteiger partial charge in [0.1, 0.15) is 0 Å². The number of carbonyl (C=O) groups is 1. The van der Waals surface area contributed by atoms with E-state index in [4.69, 9.17) is 0 Å². The van der Waals surface area contributed by atoms with Crippen LogP contribution in [0.4, 0.5) is 0 Å². The first kappa shape index (κ1) is 49.3. The van der Waals surface area contributed by atoms with Crippen LogP contribution in [0.3, 0.4) is 0 Å². The maximum absolute atomic E-state index is 12.5. The Labute approximate surface area is 316 Å². The fourth-order valence-electron chi connectivity index (χ4n) is 6.26. The van der Waals surface area contributed by atoms with Gasteiger partial charge in [0.05, 0.1) is 17.9 Å². The SMILES string of the molecule is CCCCC/C=C\C/C=C\CCCCCCCCCC(=O)NC(CS(=O)(=O)O)C(O)/C=C/CC/C=C/CCCCCCCCCCCCCCC. The monoisotopic (exact) mass is 736 g/mol. The van der Waals surface area contributed by atoms with Crippen molar-refractivity contribution in [2.24, 2.45) is 0 Å². The van der Waals surface area contributed by atoms with Gasteiger partial charge in [-0.15, -0.1) is 0 Å². The van der Waals surface area contributed by atoms with Crippen LogP contribution in [0.2, 0.25) is 0 Å². The molecule has 298 valence electrons. The number of aliphatic hydroxyl groups excluding tert-OH is 1. The van der Waals surface area contributed by atoms with E-state index < -0.39 is 28.0 Å². The lowest BCUT2D eigenvalue weighted by molar-refractivity contribution is -0.122. The molecule has 0 aromatic rings. The van der Waals surface area contributed by atoms with Crippen molar-refractivity contribution < 1.29 is 22.9 Å². The van der Waals surface area contributed by atoms with Crippen molar-refractivity contribution >= 4 is 16.0 Å². The van der Waals surface area contributed by atoms with E-state index in [0.717, 1.165) is 51.4 Å². The topological polar surface area (TPSA) is 104 Å². The number of hydrogen-bond acceptors (Lipinski definition) is 4. The fourth-order valence-corrected chi connectivity index (χ4v) is 6.99. The molecule has 0 aromatic carbocycles. The number of nitrogens with one attached hydrogen (secondary N) is 1. The van der Waals surface area contributed by atoms with Gasteiger partial charge in [0.15, 0.2) is 0 Å². The molecule has 0 aliphatic carbocycles. The Morgan fingerprint density at radius 2 is 0.902 bits per heavy atom. The van der Waals surface area contributed by atoms with E-state index in [1.165, 1.54) is 134 Å². The lowest BCUT2D eigenvalue weighted by Crippen LogP contribution is -2.46. The molecule has 6 nitrogen and oxygen atoms in total. The van der Waals surface area contributed by atoms with E-state index in [1.54, 1.807) is 0 Å². The number of allylic oxidation sites excluding steroid dienone is 7. The zero-order valence-electron chi connectivity index (χ0n) is 33.2. The van der Waals surface area contributed by atoms with Crippen LogP contribution < -0.4 is 5.32 Å². The third-order valence-corrected chi connectivity index (χ3v) is 10.3.